The molecular formula is C14H18N2O2. The highest BCUT2D eigenvalue weighted by Gasteiger charge is 2.15. The van der Waals surface area contributed by atoms with Gasteiger partial charge < -0.3 is 15.8 Å². The Labute approximate surface area is 108 Å². The van der Waals surface area contributed by atoms with Gasteiger partial charge in [-0.3, -0.25) is 4.79 Å². The summed E-state index contributed by atoms with van der Waals surface area (Å²) in [6.45, 7) is 1.88. The van der Waals surface area contributed by atoms with Crippen LogP contribution in [0.15, 0.2) is 24.3 Å². The molecule has 0 saturated carbocycles. The Morgan fingerprint density at radius 2 is 2.33 bits per heavy atom. The fourth-order valence-corrected chi connectivity index (χ4v) is 1.53. The van der Waals surface area contributed by atoms with Gasteiger partial charge in [0.1, 0.15) is 5.75 Å². The molecule has 0 bridgehead atoms. The second kappa shape index (κ2) is 6.67. The third kappa shape index (κ3) is 3.79. The van der Waals surface area contributed by atoms with E-state index in [1.54, 1.807) is 7.11 Å². The number of amides is 1. The molecule has 1 aromatic carbocycles. The molecular weight excluding hydrogens is 228 g/mol. The molecule has 0 heterocycles. The lowest BCUT2D eigenvalue weighted by Gasteiger charge is -2.17. The molecule has 0 fully saturated rings. The first-order valence-electron chi connectivity index (χ1n) is 5.72. The average molecular weight is 246 g/mol. The Kier molecular flexibility index (Phi) is 5.22. The first-order chi connectivity index (χ1) is 8.58. The highest BCUT2D eigenvalue weighted by molar-refractivity contribution is 5.82. The number of methoxy groups -OCH3 is 1. The molecule has 18 heavy (non-hydrogen) atoms. The molecule has 0 aliphatic rings. The van der Waals surface area contributed by atoms with Crippen LogP contribution in [0.4, 0.5) is 0 Å². The van der Waals surface area contributed by atoms with Gasteiger partial charge in [0.25, 0.3) is 0 Å². The smallest absolute Gasteiger partial charge is 0.238 e. The molecule has 96 valence electrons. The van der Waals surface area contributed by atoms with Gasteiger partial charge in [0.15, 0.2) is 0 Å². The van der Waals surface area contributed by atoms with Gasteiger partial charge in [-0.1, -0.05) is 12.1 Å². The molecule has 1 rings (SSSR count). The maximum absolute atomic E-state index is 11.7. The first-order valence-corrected chi connectivity index (χ1v) is 5.72. The van der Waals surface area contributed by atoms with Crippen molar-refractivity contribution in [2.45, 2.75) is 25.4 Å². The summed E-state index contributed by atoms with van der Waals surface area (Å²) in [5.41, 5.74) is 6.59. The van der Waals surface area contributed by atoms with E-state index in [-0.39, 0.29) is 18.4 Å². The van der Waals surface area contributed by atoms with Gasteiger partial charge in [-0.2, -0.15) is 0 Å². The molecule has 0 radical (unpaired) electrons. The lowest BCUT2D eigenvalue weighted by atomic mass is 10.1. The van der Waals surface area contributed by atoms with Gasteiger partial charge >= 0.3 is 0 Å². The van der Waals surface area contributed by atoms with Crippen molar-refractivity contribution in [3.8, 4) is 18.1 Å². The Balaban J connectivity index is 2.67. The predicted molar refractivity (Wildman–Crippen MR) is 71.0 cm³/mol. The van der Waals surface area contributed by atoms with Gasteiger partial charge in [0.2, 0.25) is 5.91 Å². The number of hydrogen-bond donors (Lipinski definition) is 2. The van der Waals surface area contributed by atoms with Crippen LogP contribution in [0.3, 0.4) is 0 Å². The van der Waals surface area contributed by atoms with Crippen molar-refractivity contribution >= 4 is 5.91 Å². The molecule has 1 unspecified atom stereocenters. The second-order valence-corrected chi connectivity index (χ2v) is 4.02. The molecule has 1 aromatic rings. The third-order valence-electron chi connectivity index (χ3n) is 2.63. The summed E-state index contributed by atoms with van der Waals surface area (Å²) in [6.07, 6.45) is 5.35. The zero-order chi connectivity index (χ0) is 13.5. The number of carbonyl (C=O) groups excluding carboxylic acids is 1. The van der Waals surface area contributed by atoms with E-state index >= 15 is 0 Å². The van der Waals surface area contributed by atoms with Gasteiger partial charge in [-0.15, -0.1) is 12.3 Å². The number of carbonyl (C=O) groups is 1. The summed E-state index contributed by atoms with van der Waals surface area (Å²) in [6, 6.07) is 6.71. The molecule has 1 amide bonds. The monoisotopic (exact) mass is 246 g/mol. The molecule has 0 aliphatic carbocycles. The maximum Gasteiger partial charge on any atom is 0.238 e. The molecule has 0 spiro atoms. The summed E-state index contributed by atoms with van der Waals surface area (Å²) in [7, 11) is 1.60. The van der Waals surface area contributed by atoms with Crippen LogP contribution in [-0.4, -0.2) is 19.1 Å². The summed E-state index contributed by atoms with van der Waals surface area (Å²) in [5, 5.41) is 2.82. The van der Waals surface area contributed by atoms with Crippen molar-refractivity contribution in [2.75, 3.05) is 7.11 Å². The summed E-state index contributed by atoms with van der Waals surface area (Å²) in [5.74, 6) is 2.88. The predicted octanol–water partition coefficient (Wildman–Crippen LogP) is 1.22. The highest BCUT2D eigenvalue weighted by atomic mass is 16.5. The van der Waals surface area contributed by atoms with Crippen molar-refractivity contribution in [3.63, 3.8) is 0 Å². The summed E-state index contributed by atoms with van der Waals surface area (Å²) >= 11 is 0. The standard InChI is InChI=1S/C14H18N2O2/c1-4-6-13(15)14(17)16-10(2)11-7-5-8-12(9-11)18-3/h1,5,7-10,13H,6,15H2,2-3H3,(H,16,17)/t10-,13?/m1/s1. The van der Waals surface area contributed by atoms with Crippen LogP contribution in [0.2, 0.25) is 0 Å². The van der Waals surface area contributed by atoms with E-state index in [4.69, 9.17) is 16.9 Å². The van der Waals surface area contributed by atoms with Crippen LogP contribution in [0.1, 0.15) is 24.9 Å². The van der Waals surface area contributed by atoms with Crippen molar-refractivity contribution in [1.82, 2.24) is 5.32 Å². The Morgan fingerprint density at radius 3 is 2.94 bits per heavy atom. The van der Waals surface area contributed by atoms with E-state index in [1.807, 2.05) is 31.2 Å². The van der Waals surface area contributed by atoms with Gasteiger partial charge in [-0.25, -0.2) is 0 Å². The van der Waals surface area contributed by atoms with E-state index in [2.05, 4.69) is 11.2 Å². The van der Waals surface area contributed by atoms with Crippen LogP contribution in [0, 0.1) is 12.3 Å². The van der Waals surface area contributed by atoms with E-state index < -0.39 is 6.04 Å². The quantitative estimate of drug-likeness (QED) is 0.768. The Morgan fingerprint density at radius 1 is 1.61 bits per heavy atom. The molecule has 3 N–H and O–H groups in total. The summed E-state index contributed by atoms with van der Waals surface area (Å²) in [4.78, 5) is 11.7. The molecule has 2 atom stereocenters. The zero-order valence-corrected chi connectivity index (χ0v) is 10.6. The minimum Gasteiger partial charge on any atom is -0.497 e. The molecule has 0 aliphatic heterocycles. The number of ether oxygens (including phenoxy) is 1. The maximum atomic E-state index is 11.7. The molecule has 0 saturated heterocycles. The lowest BCUT2D eigenvalue weighted by Crippen LogP contribution is -2.41. The normalized spacial score (nSPS) is 13.2. The highest BCUT2D eigenvalue weighted by Crippen LogP contribution is 2.18. The average Bonchev–Trinajstić information content (AvgIpc) is 2.39. The zero-order valence-electron chi connectivity index (χ0n) is 10.6. The number of benzene rings is 1. The number of nitrogens with one attached hydrogen (secondary N) is 1. The number of hydrogen-bond acceptors (Lipinski definition) is 3. The van der Waals surface area contributed by atoms with Gasteiger partial charge in [0.05, 0.1) is 19.2 Å². The fraction of sp³-hybridized carbons (Fsp3) is 0.357. The van der Waals surface area contributed by atoms with E-state index in [9.17, 15) is 4.79 Å². The molecule has 4 heteroatoms. The van der Waals surface area contributed by atoms with Crippen LogP contribution in [0.5, 0.6) is 5.75 Å². The number of rotatable bonds is 5. The first kappa shape index (κ1) is 14.1. The van der Waals surface area contributed by atoms with Crippen molar-refractivity contribution < 1.29 is 9.53 Å². The molecule has 0 aromatic heterocycles. The fourth-order valence-electron chi connectivity index (χ4n) is 1.53. The van der Waals surface area contributed by atoms with E-state index in [0.717, 1.165) is 11.3 Å². The Bertz CT molecular complexity index is 451. The summed E-state index contributed by atoms with van der Waals surface area (Å²) < 4.78 is 5.13. The lowest BCUT2D eigenvalue weighted by molar-refractivity contribution is -0.122. The topological polar surface area (TPSA) is 64.4 Å². The van der Waals surface area contributed by atoms with Crippen molar-refractivity contribution in [1.29, 1.82) is 0 Å². The Hall–Kier alpha value is -1.99. The third-order valence-corrected chi connectivity index (χ3v) is 2.63. The molecule has 4 nitrogen and oxygen atoms in total. The van der Waals surface area contributed by atoms with Crippen LogP contribution >= 0.6 is 0 Å². The SMILES string of the molecule is C#CCC(N)C(=O)N[C@H](C)c1cccc(OC)c1. The minimum atomic E-state index is -0.664. The van der Waals surface area contributed by atoms with Crippen LogP contribution in [-0.2, 0) is 4.79 Å². The van der Waals surface area contributed by atoms with Crippen LogP contribution in [0.25, 0.3) is 0 Å². The second-order valence-electron chi connectivity index (χ2n) is 4.02. The van der Waals surface area contributed by atoms with Crippen LogP contribution < -0.4 is 15.8 Å². The van der Waals surface area contributed by atoms with Gasteiger partial charge in [0, 0.05) is 6.42 Å². The van der Waals surface area contributed by atoms with Crippen molar-refractivity contribution in [3.05, 3.63) is 29.8 Å². The largest absolute Gasteiger partial charge is 0.497 e. The van der Waals surface area contributed by atoms with Crippen molar-refractivity contribution in [2.24, 2.45) is 5.73 Å². The minimum absolute atomic E-state index is 0.142. The van der Waals surface area contributed by atoms with E-state index in [1.165, 1.54) is 0 Å². The van der Waals surface area contributed by atoms with E-state index in [0.29, 0.717) is 0 Å². The number of terminal acetylenes is 1. The number of nitrogens with two attached hydrogens (primary N) is 1. The van der Waals surface area contributed by atoms with Gasteiger partial charge in [-0.05, 0) is 24.6 Å².